The Morgan fingerprint density at radius 1 is 1.09 bits per heavy atom. The van der Waals surface area contributed by atoms with Crippen LogP contribution in [0.5, 0.6) is 0 Å². The predicted molar refractivity (Wildman–Crippen MR) is 135 cm³/mol. The molecular formula is C25H24N6O3S. The van der Waals surface area contributed by atoms with Gasteiger partial charge in [-0.15, -0.1) is 0 Å². The zero-order chi connectivity index (χ0) is 24.4. The van der Waals surface area contributed by atoms with Gasteiger partial charge in [-0.25, -0.2) is 9.78 Å². The molecule has 0 amide bonds. The van der Waals surface area contributed by atoms with Crippen LogP contribution in [-0.4, -0.2) is 24.3 Å². The summed E-state index contributed by atoms with van der Waals surface area (Å²) in [6.45, 7) is 5.59. The number of hydrogen-bond acceptors (Lipinski definition) is 7. The number of nitrogens with zero attached hydrogens (tertiary/aromatic N) is 4. The lowest BCUT2D eigenvalue weighted by Gasteiger charge is -2.10. The normalized spacial score (nSPS) is 11.4. The summed E-state index contributed by atoms with van der Waals surface area (Å²) in [4.78, 5) is 32.5. The van der Waals surface area contributed by atoms with Crippen LogP contribution in [0.3, 0.4) is 0 Å². The number of imidazole rings is 1. The summed E-state index contributed by atoms with van der Waals surface area (Å²) in [5.41, 5.74) is 4.13. The molecule has 9 nitrogen and oxygen atoms in total. The van der Waals surface area contributed by atoms with Crippen LogP contribution in [0.1, 0.15) is 23.6 Å². The molecule has 0 aliphatic heterocycles. The minimum absolute atomic E-state index is 0.322. The molecule has 0 aliphatic carbocycles. The van der Waals surface area contributed by atoms with Crippen molar-refractivity contribution in [2.75, 3.05) is 0 Å². The average molecular weight is 489 g/mol. The third-order valence-electron chi connectivity index (χ3n) is 5.83. The zero-order valence-corrected chi connectivity index (χ0v) is 20.1. The molecule has 0 fully saturated rings. The summed E-state index contributed by atoms with van der Waals surface area (Å²) in [7, 11) is 0. The predicted octanol–water partition coefficient (Wildman–Crippen LogP) is 3.71. The van der Waals surface area contributed by atoms with Crippen LogP contribution in [0.25, 0.3) is 22.5 Å². The van der Waals surface area contributed by atoms with Gasteiger partial charge in [-0.05, 0) is 48.6 Å². The molecule has 3 aromatic heterocycles. The Morgan fingerprint density at radius 3 is 2.63 bits per heavy atom. The summed E-state index contributed by atoms with van der Waals surface area (Å²) in [6, 6.07) is 16.0. The monoisotopic (exact) mass is 488 g/mol. The number of aromatic amines is 1. The molecule has 3 heterocycles. The maximum absolute atomic E-state index is 12.5. The van der Waals surface area contributed by atoms with Gasteiger partial charge in [-0.3, -0.25) is 19.1 Å². The largest absolute Gasteiger partial charge is 0.356 e. The van der Waals surface area contributed by atoms with Crippen molar-refractivity contribution in [3.8, 4) is 11.3 Å². The van der Waals surface area contributed by atoms with Gasteiger partial charge in [0.25, 0.3) is 5.56 Å². The van der Waals surface area contributed by atoms with E-state index in [1.165, 1.54) is 10.1 Å². The highest BCUT2D eigenvalue weighted by Gasteiger charge is 2.13. The minimum atomic E-state index is -0.464. The molecular weight excluding hydrogens is 464 g/mol. The molecule has 2 N–H and O–H groups in total. The summed E-state index contributed by atoms with van der Waals surface area (Å²) in [5.74, 6) is 0.739. The average Bonchev–Trinajstić information content (AvgIpc) is 3.54. The van der Waals surface area contributed by atoms with Crippen molar-refractivity contribution in [2.45, 2.75) is 38.4 Å². The van der Waals surface area contributed by atoms with E-state index in [0.717, 1.165) is 27.3 Å². The Balaban J connectivity index is 1.26. The van der Waals surface area contributed by atoms with Gasteiger partial charge in [0.15, 0.2) is 16.9 Å². The van der Waals surface area contributed by atoms with Crippen LogP contribution in [0.4, 0.5) is 0 Å². The summed E-state index contributed by atoms with van der Waals surface area (Å²) in [6.07, 6.45) is 3.23. The van der Waals surface area contributed by atoms with Gasteiger partial charge in [0.1, 0.15) is 0 Å². The number of rotatable bonds is 8. The van der Waals surface area contributed by atoms with Crippen LogP contribution < -0.4 is 16.0 Å². The molecule has 5 aromatic rings. The fourth-order valence-electron chi connectivity index (χ4n) is 3.88. The first-order valence-electron chi connectivity index (χ1n) is 11.2. The lowest BCUT2D eigenvalue weighted by atomic mass is 10.1. The fourth-order valence-corrected chi connectivity index (χ4v) is 4.69. The van der Waals surface area contributed by atoms with Crippen LogP contribution in [0.15, 0.2) is 80.1 Å². The van der Waals surface area contributed by atoms with E-state index in [9.17, 15) is 9.59 Å². The second kappa shape index (κ2) is 9.77. The van der Waals surface area contributed by atoms with Crippen LogP contribution in [0.2, 0.25) is 0 Å². The third-order valence-corrected chi connectivity index (χ3v) is 6.78. The fraction of sp³-hybridized carbons (Fsp3) is 0.200. The van der Waals surface area contributed by atoms with Gasteiger partial charge in [-0.2, -0.15) is 0 Å². The van der Waals surface area contributed by atoms with Gasteiger partial charge in [-0.1, -0.05) is 41.6 Å². The molecule has 5 rings (SSSR count). The first kappa shape index (κ1) is 22.9. The zero-order valence-electron chi connectivity index (χ0n) is 19.3. The molecule has 35 heavy (non-hydrogen) atoms. The van der Waals surface area contributed by atoms with Gasteiger partial charge >= 0.3 is 5.69 Å². The topological polar surface area (TPSA) is 111 Å². The Labute approximate surface area is 204 Å². The van der Waals surface area contributed by atoms with E-state index in [4.69, 9.17) is 4.52 Å². The van der Waals surface area contributed by atoms with E-state index in [1.807, 2.05) is 43.3 Å². The Kier molecular flexibility index (Phi) is 6.39. The van der Waals surface area contributed by atoms with E-state index in [-0.39, 0.29) is 0 Å². The number of H-pyrrole nitrogens is 1. The molecule has 0 spiro atoms. The molecule has 2 aromatic carbocycles. The van der Waals surface area contributed by atoms with Crippen molar-refractivity contribution < 1.29 is 4.52 Å². The number of fused-ring (bicyclic) bond motifs is 1. The smallest absolute Gasteiger partial charge is 0.330 e. The standard InChI is InChI=1S/C25H24N6O3S/c1-3-30-15-26-23-22(30)24(32)29-25(33)31(23)14-18-7-5-17(6-8-18)13-28-35-21-12-19(9-4-16(21)2)20-10-11-27-34-20/h4-12,15,28H,3,13-14H2,1-2H3,(H,29,32,33). The van der Waals surface area contributed by atoms with E-state index in [0.29, 0.717) is 30.8 Å². The molecule has 0 atom stereocenters. The first-order valence-corrected chi connectivity index (χ1v) is 12.0. The van der Waals surface area contributed by atoms with Gasteiger partial charge in [0.2, 0.25) is 0 Å². The Bertz CT molecular complexity index is 1580. The van der Waals surface area contributed by atoms with Crippen molar-refractivity contribution in [3.63, 3.8) is 0 Å². The van der Waals surface area contributed by atoms with E-state index in [2.05, 4.69) is 38.9 Å². The lowest BCUT2D eigenvalue weighted by molar-refractivity contribution is 0.432. The molecule has 178 valence electrons. The molecule has 0 radical (unpaired) electrons. The van der Waals surface area contributed by atoms with E-state index < -0.39 is 11.2 Å². The van der Waals surface area contributed by atoms with E-state index >= 15 is 0 Å². The van der Waals surface area contributed by atoms with Crippen molar-refractivity contribution in [3.05, 3.63) is 98.6 Å². The van der Waals surface area contributed by atoms with Crippen molar-refractivity contribution >= 4 is 23.1 Å². The highest BCUT2D eigenvalue weighted by Crippen LogP contribution is 2.27. The third kappa shape index (κ3) is 4.71. The summed E-state index contributed by atoms with van der Waals surface area (Å²) < 4.78 is 11.9. The molecule has 0 unspecified atom stereocenters. The van der Waals surface area contributed by atoms with Crippen molar-refractivity contribution in [2.24, 2.45) is 0 Å². The molecule has 0 saturated heterocycles. The first-order chi connectivity index (χ1) is 17.0. The lowest BCUT2D eigenvalue weighted by Crippen LogP contribution is -2.31. The van der Waals surface area contributed by atoms with Crippen LogP contribution in [0, 0.1) is 6.92 Å². The second-order valence-electron chi connectivity index (χ2n) is 8.14. The molecule has 0 saturated carbocycles. The Morgan fingerprint density at radius 2 is 1.89 bits per heavy atom. The SMILES string of the molecule is CCn1cnc2c1c(=O)[nH]c(=O)n2Cc1ccc(CNSc2cc(-c3ccno3)ccc2C)cc1. The minimum Gasteiger partial charge on any atom is -0.356 e. The number of aryl methyl sites for hydroxylation is 2. The maximum Gasteiger partial charge on any atom is 0.330 e. The molecule has 0 aliphatic rings. The number of benzene rings is 2. The quantitative estimate of drug-likeness (QED) is 0.320. The van der Waals surface area contributed by atoms with Crippen LogP contribution >= 0.6 is 11.9 Å². The summed E-state index contributed by atoms with van der Waals surface area (Å²) in [5, 5.41) is 3.78. The van der Waals surface area contributed by atoms with Gasteiger partial charge in [0.05, 0.1) is 19.1 Å². The number of nitrogens with one attached hydrogen (secondary N) is 2. The maximum atomic E-state index is 12.5. The second-order valence-corrected chi connectivity index (χ2v) is 9.08. The van der Waals surface area contributed by atoms with Crippen molar-refractivity contribution in [1.29, 1.82) is 0 Å². The number of hydrogen-bond donors (Lipinski definition) is 2. The molecule has 10 heteroatoms. The van der Waals surface area contributed by atoms with Gasteiger partial charge < -0.3 is 9.09 Å². The highest BCUT2D eigenvalue weighted by molar-refractivity contribution is 7.97. The van der Waals surface area contributed by atoms with E-state index in [1.54, 1.807) is 29.0 Å². The number of aromatic nitrogens is 5. The van der Waals surface area contributed by atoms with Gasteiger partial charge in [0, 0.05) is 29.6 Å². The Hall–Kier alpha value is -3.89. The highest BCUT2D eigenvalue weighted by atomic mass is 32.2. The van der Waals surface area contributed by atoms with Crippen molar-refractivity contribution in [1.82, 2.24) is 29.0 Å². The molecule has 0 bridgehead atoms. The summed E-state index contributed by atoms with van der Waals surface area (Å²) >= 11 is 1.57. The van der Waals surface area contributed by atoms with Crippen LogP contribution in [-0.2, 0) is 19.6 Å².